The lowest BCUT2D eigenvalue weighted by atomic mass is 10.1. The number of carbonyl (C=O) groups is 1. The fraction of sp³-hybridized carbons (Fsp3) is 0.238. The van der Waals surface area contributed by atoms with Crippen molar-refractivity contribution < 1.29 is 4.79 Å². The van der Waals surface area contributed by atoms with Crippen LogP contribution in [-0.2, 0) is 11.3 Å². The van der Waals surface area contributed by atoms with Crippen LogP contribution in [0, 0.1) is 18.3 Å². The van der Waals surface area contributed by atoms with Crippen LogP contribution in [0.3, 0.4) is 0 Å². The topological polar surface area (TPSA) is 83.6 Å². The third kappa shape index (κ3) is 4.41. The fourth-order valence-corrected chi connectivity index (χ4v) is 3.69. The second kappa shape index (κ2) is 8.72. The quantitative estimate of drug-likeness (QED) is 0.635. The summed E-state index contributed by atoms with van der Waals surface area (Å²) >= 11 is 1.36. The van der Waals surface area contributed by atoms with Gasteiger partial charge in [-0.3, -0.25) is 4.79 Å². The summed E-state index contributed by atoms with van der Waals surface area (Å²) in [6, 6.07) is 17.0. The molecule has 6 nitrogen and oxygen atoms in total. The van der Waals surface area contributed by atoms with E-state index in [4.69, 9.17) is 5.26 Å². The zero-order valence-corrected chi connectivity index (χ0v) is 16.8. The van der Waals surface area contributed by atoms with Gasteiger partial charge in [-0.05, 0) is 45.0 Å². The van der Waals surface area contributed by atoms with Crippen molar-refractivity contribution in [3.05, 3.63) is 59.7 Å². The van der Waals surface area contributed by atoms with E-state index in [-0.39, 0.29) is 11.2 Å². The summed E-state index contributed by atoms with van der Waals surface area (Å²) in [6.45, 7) is 6.61. The molecule has 1 atom stereocenters. The molecule has 1 unspecified atom stereocenters. The van der Waals surface area contributed by atoms with Crippen LogP contribution in [-0.4, -0.2) is 25.9 Å². The first-order chi connectivity index (χ1) is 13.5. The number of nitrogens with zero attached hydrogens (tertiary/aromatic N) is 4. The highest BCUT2D eigenvalue weighted by Crippen LogP contribution is 2.27. The second-order valence-corrected chi connectivity index (χ2v) is 7.67. The highest BCUT2D eigenvalue weighted by Gasteiger charge is 2.20. The van der Waals surface area contributed by atoms with E-state index in [1.807, 2.05) is 43.5 Å². The third-order valence-corrected chi connectivity index (χ3v) is 5.30. The molecule has 0 aliphatic heterocycles. The number of anilines is 1. The Hall–Kier alpha value is -3.11. The Morgan fingerprint density at radius 1 is 1.25 bits per heavy atom. The summed E-state index contributed by atoms with van der Waals surface area (Å²) in [4.78, 5) is 12.6. The van der Waals surface area contributed by atoms with E-state index >= 15 is 0 Å². The number of aromatic nitrogens is 3. The Bertz CT molecular complexity index is 1040. The molecule has 0 saturated carbocycles. The lowest BCUT2D eigenvalue weighted by molar-refractivity contribution is -0.115. The van der Waals surface area contributed by atoms with Crippen LogP contribution in [0.2, 0.25) is 0 Å². The van der Waals surface area contributed by atoms with Crippen molar-refractivity contribution in [1.29, 1.82) is 5.26 Å². The van der Waals surface area contributed by atoms with Crippen molar-refractivity contribution >= 4 is 23.4 Å². The van der Waals surface area contributed by atoms with Gasteiger partial charge in [-0.1, -0.05) is 41.6 Å². The molecular formula is C21H21N5OS. The van der Waals surface area contributed by atoms with Crippen LogP contribution in [0.25, 0.3) is 11.4 Å². The number of hydrogen-bond acceptors (Lipinski definition) is 5. The minimum atomic E-state index is -0.370. The van der Waals surface area contributed by atoms with E-state index in [2.05, 4.69) is 27.6 Å². The summed E-state index contributed by atoms with van der Waals surface area (Å²) in [7, 11) is 0. The Morgan fingerprint density at radius 2 is 2.04 bits per heavy atom. The molecule has 0 aliphatic carbocycles. The lowest BCUT2D eigenvalue weighted by Crippen LogP contribution is -2.23. The largest absolute Gasteiger partial charge is 0.325 e. The molecule has 142 valence electrons. The third-order valence-electron chi connectivity index (χ3n) is 4.22. The van der Waals surface area contributed by atoms with Crippen LogP contribution in [0.4, 0.5) is 5.69 Å². The van der Waals surface area contributed by atoms with Crippen molar-refractivity contribution in [3.63, 3.8) is 0 Å². The number of thioether (sulfide) groups is 1. The molecule has 0 saturated heterocycles. The number of aryl methyl sites for hydroxylation is 1. The molecule has 3 rings (SSSR count). The summed E-state index contributed by atoms with van der Waals surface area (Å²) in [5, 5.41) is 20.8. The maximum atomic E-state index is 12.6. The highest BCUT2D eigenvalue weighted by atomic mass is 32.2. The van der Waals surface area contributed by atoms with E-state index in [0.29, 0.717) is 23.0 Å². The van der Waals surface area contributed by atoms with Gasteiger partial charge in [0.05, 0.1) is 16.9 Å². The molecule has 0 aliphatic rings. The predicted molar refractivity (Wildman–Crippen MR) is 111 cm³/mol. The first-order valence-corrected chi connectivity index (χ1v) is 9.87. The maximum Gasteiger partial charge on any atom is 0.237 e. The standard InChI is InChI=1S/C21H21N5OS/c1-4-26-19(17-9-5-7-14(2)11-17)24-25-21(26)28-15(3)20(27)23-18-10-6-8-16(12-18)13-22/h5-12,15H,4H2,1-3H3,(H,23,27). The molecule has 1 heterocycles. The van der Waals surface area contributed by atoms with Crippen molar-refractivity contribution in [2.45, 2.75) is 37.7 Å². The first-order valence-electron chi connectivity index (χ1n) is 8.99. The molecule has 0 radical (unpaired) electrons. The molecule has 2 aromatic carbocycles. The molecule has 1 amide bonds. The summed E-state index contributed by atoms with van der Waals surface area (Å²) in [5.74, 6) is 0.644. The van der Waals surface area contributed by atoms with Gasteiger partial charge < -0.3 is 9.88 Å². The Morgan fingerprint density at radius 3 is 2.75 bits per heavy atom. The van der Waals surface area contributed by atoms with Crippen LogP contribution in [0.5, 0.6) is 0 Å². The number of nitriles is 1. The Kier molecular flexibility index (Phi) is 6.12. The molecular weight excluding hydrogens is 370 g/mol. The van der Waals surface area contributed by atoms with Gasteiger partial charge in [0.15, 0.2) is 11.0 Å². The van der Waals surface area contributed by atoms with E-state index < -0.39 is 0 Å². The van der Waals surface area contributed by atoms with Gasteiger partial charge in [-0.25, -0.2) is 0 Å². The van der Waals surface area contributed by atoms with E-state index in [9.17, 15) is 4.79 Å². The van der Waals surface area contributed by atoms with Crippen LogP contribution < -0.4 is 5.32 Å². The van der Waals surface area contributed by atoms with Gasteiger partial charge in [-0.2, -0.15) is 5.26 Å². The predicted octanol–water partition coefficient (Wildman–Crippen LogP) is 4.26. The monoisotopic (exact) mass is 391 g/mol. The summed E-state index contributed by atoms with van der Waals surface area (Å²) in [6.07, 6.45) is 0. The van der Waals surface area contributed by atoms with Gasteiger partial charge >= 0.3 is 0 Å². The molecule has 1 aromatic heterocycles. The van der Waals surface area contributed by atoms with Crippen molar-refractivity contribution in [3.8, 4) is 17.5 Å². The summed E-state index contributed by atoms with van der Waals surface area (Å²) < 4.78 is 2.01. The number of hydrogen-bond donors (Lipinski definition) is 1. The molecule has 0 bridgehead atoms. The lowest BCUT2D eigenvalue weighted by Gasteiger charge is -2.13. The Labute approximate surface area is 168 Å². The van der Waals surface area contributed by atoms with Gasteiger partial charge in [-0.15, -0.1) is 10.2 Å². The van der Waals surface area contributed by atoms with E-state index in [0.717, 1.165) is 17.0 Å². The van der Waals surface area contributed by atoms with Crippen molar-refractivity contribution in [1.82, 2.24) is 14.8 Å². The maximum absolute atomic E-state index is 12.6. The average Bonchev–Trinajstić information content (AvgIpc) is 3.10. The second-order valence-electron chi connectivity index (χ2n) is 6.36. The van der Waals surface area contributed by atoms with Crippen LogP contribution >= 0.6 is 11.8 Å². The van der Waals surface area contributed by atoms with Crippen LogP contribution in [0.1, 0.15) is 25.0 Å². The molecule has 28 heavy (non-hydrogen) atoms. The van der Waals surface area contributed by atoms with Gasteiger partial charge in [0.1, 0.15) is 0 Å². The highest BCUT2D eigenvalue weighted by molar-refractivity contribution is 8.00. The molecule has 0 fully saturated rings. The smallest absolute Gasteiger partial charge is 0.237 e. The molecule has 7 heteroatoms. The number of nitrogens with one attached hydrogen (secondary N) is 1. The minimum absolute atomic E-state index is 0.150. The zero-order valence-electron chi connectivity index (χ0n) is 16.0. The van der Waals surface area contributed by atoms with Crippen molar-refractivity contribution in [2.24, 2.45) is 0 Å². The van der Waals surface area contributed by atoms with Gasteiger partial charge in [0, 0.05) is 17.8 Å². The molecule has 3 aromatic rings. The zero-order chi connectivity index (χ0) is 20.1. The Balaban J connectivity index is 1.75. The molecule has 0 spiro atoms. The fourth-order valence-electron chi connectivity index (χ4n) is 2.78. The molecule has 1 N–H and O–H groups in total. The SMILES string of the molecule is CCn1c(SC(C)C(=O)Nc2cccc(C#N)c2)nnc1-c1cccc(C)c1. The normalized spacial score (nSPS) is 11.6. The van der Waals surface area contributed by atoms with E-state index in [1.54, 1.807) is 24.3 Å². The number of carbonyl (C=O) groups excluding carboxylic acids is 1. The average molecular weight is 392 g/mol. The number of benzene rings is 2. The van der Waals surface area contributed by atoms with Gasteiger partial charge in [0.2, 0.25) is 5.91 Å². The number of rotatable bonds is 6. The minimum Gasteiger partial charge on any atom is -0.325 e. The van der Waals surface area contributed by atoms with E-state index in [1.165, 1.54) is 11.8 Å². The number of amides is 1. The van der Waals surface area contributed by atoms with Gasteiger partial charge in [0.25, 0.3) is 0 Å². The first kappa shape index (κ1) is 19.6. The van der Waals surface area contributed by atoms with Crippen LogP contribution in [0.15, 0.2) is 53.7 Å². The van der Waals surface area contributed by atoms with Crippen molar-refractivity contribution in [2.75, 3.05) is 5.32 Å². The summed E-state index contributed by atoms with van der Waals surface area (Å²) in [5.41, 5.74) is 3.27.